The van der Waals surface area contributed by atoms with E-state index in [-0.39, 0.29) is 11.8 Å². The van der Waals surface area contributed by atoms with Crippen LogP contribution in [0.4, 0.5) is 0 Å². The van der Waals surface area contributed by atoms with Crippen LogP contribution in [0.2, 0.25) is 0 Å². The van der Waals surface area contributed by atoms with Gasteiger partial charge in [0.05, 0.1) is 12.6 Å². The summed E-state index contributed by atoms with van der Waals surface area (Å²) in [5, 5.41) is 13.8. The minimum Gasteiger partial charge on any atom is -0.387 e. The first-order valence-electron chi connectivity index (χ1n) is 8.28. The molecule has 0 spiro atoms. The number of hydrogen-bond acceptors (Lipinski definition) is 3. The predicted molar refractivity (Wildman–Crippen MR) is 88.6 cm³/mol. The Morgan fingerprint density at radius 3 is 2.68 bits per heavy atom. The van der Waals surface area contributed by atoms with E-state index < -0.39 is 6.10 Å². The minimum atomic E-state index is -0.622. The van der Waals surface area contributed by atoms with Crippen LogP contribution in [0.1, 0.15) is 43.9 Å². The zero-order chi connectivity index (χ0) is 16.1. The molecular formula is C18H28N2O2. The molecule has 0 aliphatic carbocycles. The van der Waals surface area contributed by atoms with Crippen LogP contribution in [-0.4, -0.2) is 41.6 Å². The smallest absolute Gasteiger partial charge is 0.225 e. The molecule has 0 radical (unpaired) electrons. The van der Waals surface area contributed by atoms with E-state index in [2.05, 4.69) is 12.2 Å². The minimum absolute atomic E-state index is 0.0846. The van der Waals surface area contributed by atoms with Gasteiger partial charge in [-0.15, -0.1) is 0 Å². The lowest BCUT2D eigenvalue weighted by molar-refractivity contribution is -0.138. The highest BCUT2D eigenvalue weighted by molar-refractivity contribution is 5.79. The summed E-state index contributed by atoms with van der Waals surface area (Å²) in [5.74, 6) is 0.267. The quantitative estimate of drug-likeness (QED) is 0.877. The molecule has 1 aliphatic heterocycles. The van der Waals surface area contributed by atoms with Crippen LogP contribution in [0.5, 0.6) is 0 Å². The van der Waals surface area contributed by atoms with Gasteiger partial charge in [-0.25, -0.2) is 0 Å². The Morgan fingerprint density at radius 2 is 2.09 bits per heavy atom. The molecule has 2 rings (SSSR count). The van der Waals surface area contributed by atoms with Crippen molar-refractivity contribution in [3.63, 3.8) is 0 Å². The standard InChI is InChI=1S/C18H28N2O2/c1-4-20(18(22)16-9-10-19-14(3)11-16)12-17(21)15-7-5-13(2)6-8-15/h5-8,14,16-17,19,21H,4,9-12H2,1-3H3/t14-,16-,17?/m0/s1. The number of amides is 1. The van der Waals surface area contributed by atoms with Gasteiger partial charge >= 0.3 is 0 Å². The van der Waals surface area contributed by atoms with E-state index >= 15 is 0 Å². The molecule has 2 N–H and O–H groups in total. The lowest BCUT2D eigenvalue weighted by atomic mass is 9.91. The Balaban J connectivity index is 1.98. The van der Waals surface area contributed by atoms with Crippen molar-refractivity contribution < 1.29 is 9.90 Å². The van der Waals surface area contributed by atoms with E-state index in [4.69, 9.17) is 0 Å². The van der Waals surface area contributed by atoms with Crippen LogP contribution in [0.3, 0.4) is 0 Å². The van der Waals surface area contributed by atoms with Crippen LogP contribution in [0, 0.1) is 12.8 Å². The first kappa shape index (κ1) is 17.0. The van der Waals surface area contributed by atoms with Gasteiger partial charge in [0.1, 0.15) is 0 Å². The number of nitrogens with one attached hydrogen (secondary N) is 1. The number of hydrogen-bond donors (Lipinski definition) is 2. The number of aliphatic hydroxyl groups excluding tert-OH is 1. The summed E-state index contributed by atoms with van der Waals surface area (Å²) in [5.41, 5.74) is 2.04. The molecular weight excluding hydrogens is 276 g/mol. The van der Waals surface area contributed by atoms with Gasteiger partial charge in [0.2, 0.25) is 5.91 Å². The Bertz CT molecular complexity index is 486. The van der Waals surface area contributed by atoms with E-state index in [1.165, 1.54) is 5.56 Å². The molecule has 1 heterocycles. The molecule has 4 nitrogen and oxygen atoms in total. The maximum Gasteiger partial charge on any atom is 0.225 e. The molecule has 1 fully saturated rings. The summed E-state index contributed by atoms with van der Waals surface area (Å²) >= 11 is 0. The Morgan fingerprint density at radius 1 is 1.41 bits per heavy atom. The lowest BCUT2D eigenvalue weighted by Crippen LogP contribution is -2.45. The van der Waals surface area contributed by atoms with E-state index in [1.807, 2.05) is 38.1 Å². The SMILES string of the molecule is CCN(CC(O)c1ccc(C)cc1)C(=O)[C@H]1CCN[C@@H](C)C1. The van der Waals surface area contributed by atoms with Crippen LogP contribution in [0.25, 0.3) is 0 Å². The third-order valence-corrected chi connectivity index (χ3v) is 4.52. The van der Waals surface area contributed by atoms with Gasteiger partial charge < -0.3 is 15.3 Å². The van der Waals surface area contributed by atoms with Crippen LogP contribution >= 0.6 is 0 Å². The topological polar surface area (TPSA) is 52.6 Å². The summed E-state index contributed by atoms with van der Waals surface area (Å²) in [4.78, 5) is 14.5. The van der Waals surface area contributed by atoms with Crippen molar-refractivity contribution in [3.8, 4) is 0 Å². The third-order valence-electron chi connectivity index (χ3n) is 4.52. The van der Waals surface area contributed by atoms with Crippen molar-refractivity contribution in [2.75, 3.05) is 19.6 Å². The van der Waals surface area contributed by atoms with Crippen molar-refractivity contribution in [3.05, 3.63) is 35.4 Å². The van der Waals surface area contributed by atoms with Gasteiger partial charge in [0.15, 0.2) is 0 Å². The second-order valence-electron chi connectivity index (χ2n) is 6.38. The average Bonchev–Trinajstić information content (AvgIpc) is 2.52. The second-order valence-corrected chi connectivity index (χ2v) is 6.38. The van der Waals surface area contributed by atoms with Gasteiger partial charge in [-0.2, -0.15) is 0 Å². The number of piperidine rings is 1. The molecule has 22 heavy (non-hydrogen) atoms. The predicted octanol–water partition coefficient (Wildman–Crippen LogP) is 2.27. The van der Waals surface area contributed by atoms with Crippen molar-refractivity contribution in [1.82, 2.24) is 10.2 Å². The molecule has 1 aromatic rings. The molecule has 122 valence electrons. The fourth-order valence-corrected chi connectivity index (χ4v) is 3.09. The molecule has 0 bridgehead atoms. The van der Waals surface area contributed by atoms with E-state index in [0.717, 1.165) is 24.9 Å². The van der Waals surface area contributed by atoms with Crippen molar-refractivity contribution >= 4 is 5.91 Å². The van der Waals surface area contributed by atoms with Crippen LogP contribution in [-0.2, 0) is 4.79 Å². The Kier molecular flexibility index (Phi) is 5.98. The van der Waals surface area contributed by atoms with E-state index in [9.17, 15) is 9.90 Å². The summed E-state index contributed by atoms with van der Waals surface area (Å²) in [6, 6.07) is 8.25. The zero-order valence-corrected chi connectivity index (χ0v) is 13.9. The number of aryl methyl sites for hydroxylation is 1. The fraction of sp³-hybridized carbons (Fsp3) is 0.611. The first-order chi connectivity index (χ1) is 10.5. The highest BCUT2D eigenvalue weighted by atomic mass is 16.3. The van der Waals surface area contributed by atoms with Crippen molar-refractivity contribution in [1.29, 1.82) is 0 Å². The zero-order valence-electron chi connectivity index (χ0n) is 13.9. The maximum absolute atomic E-state index is 12.7. The molecule has 0 aromatic heterocycles. The second kappa shape index (κ2) is 7.75. The number of nitrogens with zero attached hydrogens (tertiary/aromatic N) is 1. The highest BCUT2D eigenvalue weighted by Crippen LogP contribution is 2.21. The molecule has 1 unspecified atom stereocenters. The largest absolute Gasteiger partial charge is 0.387 e. The highest BCUT2D eigenvalue weighted by Gasteiger charge is 2.29. The van der Waals surface area contributed by atoms with Crippen LogP contribution < -0.4 is 5.32 Å². The van der Waals surface area contributed by atoms with Crippen LogP contribution in [0.15, 0.2) is 24.3 Å². The number of carbonyl (C=O) groups is 1. The molecule has 1 amide bonds. The molecule has 1 saturated heterocycles. The van der Waals surface area contributed by atoms with Gasteiger partial charge in [-0.1, -0.05) is 29.8 Å². The molecule has 4 heteroatoms. The number of likely N-dealkylation sites (N-methyl/N-ethyl adjacent to an activating group) is 1. The number of carbonyl (C=O) groups excluding carboxylic acids is 1. The first-order valence-corrected chi connectivity index (χ1v) is 8.28. The third kappa shape index (κ3) is 4.31. The molecule has 0 saturated carbocycles. The normalized spacial score (nSPS) is 23.1. The molecule has 1 aromatic carbocycles. The summed E-state index contributed by atoms with van der Waals surface area (Å²) in [7, 11) is 0. The lowest BCUT2D eigenvalue weighted by Gasteiger charge is -2.32. The number of benzene rings is 1. The number of aliphatic hydroxyl groups is 1. The van der Waals surface area contributed by atoms with Gasteiger partial charge in [0, 0.05) is 18.5 Å². The summed E-state index contributed by atoms with van der Waals surface area (Å²) < 4.78 is 0. The average molecular weight is 304 g/mol. The summed E-state index contributed by atoms with van der Waals surface area (Å²) in [6.45, 7) is 8.03. The summed E-state index contributed by atoms with van der Waals surface area (Å²) in [6.07, 6.45) is 1.15. The molecule has 3 atom stereocenters. The Labute approximate surface area is 133 Å². The van der Waals surface area contributed by atoms with Gasteiger partial charge in [0.25, 0.3) is 0 Å². The molecule has 1 aliphatic rings. The van der Waals surface area contributed by atoms with Crippen molar-refractivity contribution in [2.24, 2.45) is 5.92 Å². The monoisotopic (exact) mass is 304 g/mol. The Hall–Kier alpha value is -1.39. The fourth-order valence-electron chi connectivity index (χ4n) is 3.09. The maximum atomic E-state index is 12.7. The van der Waals surface area contributed by atoms with E-state index in [0.29, 0.717) is 19.1 Å². The van der Waals surface area contributed by atoms with Crippen molar-refractivity contribution in [2.45, 2.75) is 45.8 Å². The number of rotatable bonds is 5. The van der Waals surface area contributed by atoms with Gasteiger partial charge in [-0.05, 0) is 45.7 Å². The van der Waals surface area contributed by atoms with E-state index in [1.54, 1.807) is 4.90 Å². The van der Waals surface area contributed by atoms with Gasteiger partial charge in [-0.3, -0.25) is 4.79 Å².